The van der Waals surface area contributed by atoms with Gasteiger partial charge in [-0.2, -0.15) is 0 Å². The number of nitrogens with zero attached hydrogens (tertiary/aromatic N) is 1. The summed E-state index contributed by atoms with van der Waals surface area (Å²) < 4.78 is 11.3. The molecule has 7 nitrogen and oxygen atoms in total. The third-order valence-corrected chi connectivity index (χ3v) is 7.23. The number of piperidine rings is 1. The van der Waals surface area contributed by atoms with Crippen molar-refractivity contribution in [2.45, 2.75) is 83.7 Å². The molecule has 3 fully saturated rings. The zero-order valence-electron chi connectivity index (χ0n) is 19.6. The van der Waals surface area contributed by atoms with E-state index >= 15 is 0 Å². The molecule has 31 heavy (non-hydrogen) atoms. The highest BCUT2D eigenvalue weighted by Crippen LogP contribution is 2.38. The molecule has 0 aromatic carbocycles. The summed E-state index contributed by atoms with van der Waals surface area (Å²) >= 11 is 0. The summed E-state index contributed by atoms with van der Waals surface area (Å²) in [6.45, 7) is 9.79. The van der Waals surface area contributed by atoms with Crippen LogP contribution in [0.3, 0.4) is 0 Å². The van der Waals surface area contributed by atoms with Crippen molar-refractivity contribution in [2.24, 2.45) is 11.3 Å². The molecule has 1 atom stereocenters. The minimum atomic E-state index is -0.457. The number of carbonyl (C=O) groups is 2. The molecular weight excluding hydrogens is 394 g/mol. The number of likely N-dealkylation sites (tertiary alicyclic amines) is 1. The molecule has 0 aromatic rings. The van der Waals surface area contributed by atoms with Gasteiger partial charge in [0.15, 0.2) is 0 Å². The highest BCUT2D eigenvalue weighted by atomic mass is 16.5. The first-order chi connectivity index (χ1) is 15.0. The van der Waals surface area contributed by atoms with E-state index in [2.05, 4.69) is 29.4 Å². The number of amides is 2. The molecule has 2 amide bonds. The Labute approximate surface area is 188 Å². The Balaban J connectivity index is 1.69. The predicted molar refractivity (Wildman–Crippen MR) is 121 cm³/mol. The van der Waals surface area contributed by atoms with E-state index in [-0.39, 0.29) is 17.2 Å². The first-order valence-corrected chi connectivity index (χ1v) is 12.5. The molecule has 0 radical (unpaired) electrons. The lowest BCUT2D eigenvalue weighted by Crippen LogP contribution is -2.56. The molecule has 0 aliphatic carbocycles. The fourth-order valence-corrected chi connectivity index (χ4v) is 5.25. The minimum absolute atomic E-state index is 0.0612. The van der Waals surface area contributed by atoms with E-state index in [4.69, 9.17) is 9.47 Å². The van der Waals surface area contributed by atoms with Crippen molar-refractivity contribution >= 4 is 11.8 Å². The standard InChI is InChI=1S/C24H43N3O4/c1-19(2)18-21-22(28)25-11-5-15-30-14-4-3-8-24(23(29)26-21)9-12-27(13-10-24)20-6-16-31-17-7-20/h19-21H,3-18H2,1-2H3,(H,25,28)(H,26,29)/t21-/m0/s1. The van der Waals surface area contributed by atoms with Gasteiger partial charge in [0.1, 0.15) is 6.04 Å². The second-order valence-corrected chi connectivity index (χ2v) is 10.0. The van der Waals surface area contributed by atoms with E-state index in [1.165, 1.54) is 0 Å². The zero-order chi connectivity index (χ0) is 22.1. The van der Waals surface area contributed by atoms with Gasteiger partial charge in [0, 0.05) is 39.0 Å². The van der Waals surface area contributed by atoms with E-state index in [1.807, 2.05) is 0 Å². The van der Waals surface area contributed by atoms with Crippen LogP contribution < -0.4 is 10.6 Å². The van der Waals surface area contributed by atoms with Crippen LogP contribution >= 0.6 is 0 Å². The third kappa shape index (κ3) is 7.16. The average Bonchev–Trinajstić information content (AvgIpc) is 2.77. The van der Waals surface area contributed by atoms with Gasteiger partial charge in [0.25, 0.3) is 0 Å². The van der Waals surface area contributed by atoms with Gasteiger partial charge in [-0.05, 0) is 70.4 Å². The lowest BCUT2D eigenvalue weighted by Gasteiger charge is -2.45. The monoisotopic (exact) mass is 437 g/mol. The molecule has 3 aliphatic rings. The van der Waals surface area contributed by atoms with Crippen LogP contribution in [0.1, 0.15) is 71.6 Å². The summed E-state index contributed by atoms with van der Waals surface area (Å²) in [6.07, 6.45) is 8.24. The maximum Gasteiger partial charge on any atom is 0.242 e. The average molecular weight is 438 g/mol. The van der Waals surface area contributed by atoms with Crippen LogP contribution in [0.5, 0.6) is 0 Å². The van der Waals surface area contributed by atoms with Crippen LogP contribution in [0, 0.1) is 11.3 Å². The first kappa shape index (κ1) is 24.5. The number of ether oxygens (including phenoxy) is 2. The summed E-state index contributed by atoms with van der Waals surface area (Å²) in [7, 11) is 0. The van der Waals surface area contributed by atoms with Crippen molar-refractivity contribution in [3.05, 3.63) is 0 Å². The number of carbonyl (C=O) groups excluding carboxylic acids is 2. The van der Waals surface area contributed by atoms with Crippen LogP contribution in [0.4, 0.5) is 0 Å². The summed E-state index contributed by atoms with van der Waals surface area (Å²) in [6, 6.07) is 0.127. The maximum absolute atomic E-state index is 13.6. The van der Waals surface area contributed by atoms with Gasteiger partial charge in [0.05, 0.1) is 5.41 Å². The summed E-state index contributed by atoms with van der Waals surface area (Å²) in [4.78, 5) is 29.0. The smallest absolute Gasteiger partial charge is 0.242 e. The number of hydrogen-bond donors (Lipinski definition) is 2. The van der Waals surface area contributed by atoms with Crippen LogP contribution in [-0.2, 0) is 19.1 Å². The van der Waals surface area contributed by atoms with Gasteiger partial charge in [-0.3, -0.25) is 9.59 Å². The second-order valence-electron chi connectivity index (χ2n) is 10.0. The van der Waals surface area contributed by atoms with E-state index < -0.39 is 6.04 Å². The summed E-state index contributed by atoms with van der Waals surface area (Å²) in [5, 5.41) is 6.19. The lowest BCUT2D eigenvalue weighted by atomic mass is 9.73. The van der Waals surface area contributed by atoms with E-state index in [0.717, 1.165) is 84.3 Å². The normalized spacial score (nSPS) is 28.2. The van der Waals surface area contributed by atoms with Crippen molar-refractivity contribution in [1.82, 2.24) is 15.5 Å². The van der Waals surface area contributed by atoms with Crippen molar-refractivity contribution in [3.8, 4) is 0 Å². The number of nitrogens with one attached hydrogen (secondary N) is 2. The lowest BCUT2D eigenvalue weighted by molar-refractivity contribution is -0.139. The Morgan fingerprint density at radius 2 is 1.65 bits per heavy atom. The third-order valence-electron chi connectivity index (χ3n) is 7.23. The molecule has 0 saturated carbocycles. The molecule has 3 aliphatic heterocycles. The molecule has 178 valence electrons. The number of rotatable bonds is 3. The predicted octanol–water partition coefficient (Wildman–Crippen LogP) is 2.49. The Bertz CT molecular complexity index is 569. The minimum Gasteiger partial charge on any atom is -0.381 e. The molecule has 3 saturated heterocycles. The molecule has 3 heterocycles. The van der Waals surface area contributed by atoms with Gasteiger partial charge in [-0.25, -0.2) is 0 Å². The largest absolute Gasteiger partial charge is 0.381 e. The van der Waals surface area contributed by atoms with Crippen molar-refractivity contribution in [3.63, 3.8) is 0 Å². The molecule has 1 spiro atoms. The molecule has 0 bridgehead atoms. The molecule has 3 rings (SSSR count). The highest BCUT2D eigenvalue weighted by Gasteiger charge is 2.43. The van der Waals surface area contributed by atoms with Crippen molar-refractivity contribution in [1.29, 1.82) is 0 Å². The Morgan fingerprint density at radius 1 is 0.968 bits per heavy atom. The second kappa shape index (κ2) is 12.2. The van der Waals surface area contributed by atoms with Crippen LogP contribution in [0.15, 0.2) is 0 Å². The fraction of sp³-hybridized carbons (Fsp3) is 0.917. The van der Waals surface area contributed by atoms with Crippen LogP contribution in [-0.4, -0.2) is 74.9 Å². The topological polar surface area (TPSA) is 79.9 Å². The first-order valence-electron chi connectivity index (χ1n) is 12.5. The molecule has 2 N–H and O–H groups in total. The SMILES string of the molecule is CC(C)C[C@@H]1NC(=O)C2(CCCCOCCCNC1=O)CCN(C1CCOCC1)CC2. The fourth-order valence-electron chi connectivity index (χ4n) is 5.25. The van der Waals surface area contributed by atoms with Gasteiger partial charge in [-0.1, -0.05) is 20.3 Å². The van der Waals surface area contributed by atoms with Crippen molar-refractivity contribution in [2.75, 3.05) is 46.1 Å². The van der Waals surface area contributed by atoms with Crippen molar-refractivity contribution < 1.29 is 19.1 Å². The van der Waals surface area contributed by atoms with Crippen LogP contribution in [0.2, 0.25) is 0 Å². The molecule has 0 aromatic heterocycles. The number of hydrogen-bond acceptors (Lipinski definition) is 5. The maximum atomic E-state index is 13.6. The van der Waals surface area contributed by atoms with E-state index in [1.54, 1.807) is 0 Å². The molecular formula is C24H43N3O4. The van der Waals surface area contributed by atoms with E-state index in [0.29, 0.717) is 31.5 Å². The zero-order valence-corrected chi connectivity index (χ0v) is 19.6. The Hall–Kier alpha value is -1.18. The van der Waals surface area contributed by atoms with Gasteiger partial charge in [0.2, 0.25) is 11.8 Å². The molecule has 7 heteroatoms. The quantitative estimate of drug-likeness (QED) is 0.709. The Kier molecular flexibility index (Phi) is 9.60. The van der Waals surface area contributed by atoms with Gasteiger partial charge < -0.3 is 25.0 Å². The Morgan fingerprint density at radius 3 is 2.35 bits per heavy atom. The summed E-state index contributed by atoms with van der Waals surface area (Å²) in [5.41, 5.74) is -0.374. The van der Waals surface area contributed by atoms with Crippen LogP contribution in [0.25, 0.3) is 0 Å². The highest BCUT2D eigenvalue weighted by molar-refractivity contribution is 5.90. The van der Waals surface area contributed by atoms with Gasteiger partial charge in [-0.15, -0.1) is 0 Å². The molecule has 0 unspecified atom stereocenters. The summed E-state index contributed by atoms with van der Waals surface area (Å²) in [5.74, 6) is 0.358. The van der Waals surface area contributed by atoms with E-state index in [9.17, 15) is 9.59 Å². The van der Waals surface area contributed by atoms with Gasteiger partial charge >= 0.3 is 0 Å².